The van der Waals surface area contributed by atoms with Crippen molar-refractivity contribution in [2.75, 3.05) is 6.54 Å². The molecule has 142 valence electrons. The minimum absolute atomic E-state index is 0.0377. The van der Waals surface area contributed by atoms with Gasteiger partial charge in [-0.15, -0.1) is 0 Å². The standard InChI is InChI=1S/C21H24N2O3S/c24-21(22-19-13-6-9-16-8-4-5-12-18(16)19)20-14-7-15-23(20)27(25,26)17-10-2-1-3-11-17/h1-5,8,10-12,19-20H,6-7,9,13-15H2,(H,22,24). The summed E-state index contributed by atoms with van der Waals surface area (Å²) in [4.78, 5) is 13.2. The van der Waals surface area contributed by atoms with Gasteiger partial charge in [-0.25, -0.2) is 8.42 Å². The summed E-state index contributed by atoms with van der Waals surface area (Å²) in [6.45, 7) is 0.385. The topological polar surface area (TPSA) is 66.5 Å². The Morgan fingerprint density at radius 1 is 0.963 bits per heavy atom. The Morgan fingerprint density at radius 3 is 2.52 bits per heavy atom. The summed E-state index contributed by atoms with van der Waals surface area (Å²) in [5, 5.41) is 3.13. The van der Waals surface area contributed by atoms with Crippen LogP contribution in [0.15, 0.2) is 59.5 Å². The first kappa shape index (κ1) is 18.2. The molecule has 1 aliphatic heterocycles. The van der Waals surface area contributed by atoms with Crippen LogP contribution in [0.2, 0.25) is 0 Å². The van der Waals surface area contributed by atoms with Gasteiger partial charge in [0.25, 0.3) is 0 Å². The molecule has 0 bridgehead atoms. The summed E-state index contributed by atoms with van der Waals surface area (Å²) in [6.07, 6.45) is 4.21. The molecule has 2 aromatic rings. The Labute approximate surface area is 160 Å². The number of aryl methyl sites for hydroxylation is 1. The number of rotatable bonds is 4. The van der Waals surface area contributed by atoms with Crippen molar-refractivity contribution in [3.63, 3.8) is 0 Å². The van der Waals surface area contributed by atoms with Crippen molar-refractivity contribution in [1.82, 2.24) is 9.62 Å². The number of sulfonamides is 1. The van der Waals surface area contributed by atoms with Gasteiger partial charge in [0, 0.05) is 6.54 Å². The number of carbonyl (C=O) groups is 1. The van der Waals surface area contributed by atoms with E-state index < -0.39 is 16.1 Å². The summed E-state index contributed by atoms with van der Waals surface area (Å²) in [6, 6.07) is 15.9. The smallest absolute Gasteiger partial charge is 0.243 e. The molecule has 6 heteroatoms. The average molecular weight is 385 g/mol. The molecule has 1 N–H and O–H groups in total. The van der Waals surface area contributed by atoms with E-state index in [0.29, 0.717) is 19.4 Å². The van der Waals surface area contributed by atoms with E-state index in [-0.39, 0.29) is 16.8 Å². The van der Waals surface area contributed by atoms with E-state index in [1.54, 1.807) is 30.3 Å². The second-order valence-corrected chi connectivity index (χ2v) is 9.13. The fraction of sp³-hybridized carbons (Fsp3) is 0.381. The minimum atomic E-state index is -3.66. The normalized spacial score (nSPS) is 23.0. The molecule has 4 rings (SSSR count). The highest BCUT2D eigenvalue weighted by Gasteiger charge is 2.40. The van der Waals surface area contributed by atoms with Gasteiger partial charge in [-0.05, 0) is 55.4 Å². The molecule has 0 spiro atoms. The van der Waals surface area contributed by atoms with Gasteiger partial charge < -0.3 is 5.32 Å². The Kier molecular flexibility index (Phi) is 5.02. The fourth-order valence-corrected chi connectivity index (χ4v) is 5.87. The number of nitrogens with one attached hydrogen (secondary N) is 1. The van der Waals surface area contributed by atoms with E-state index in [1.165, 1.54) is 9.87 Å². The maximum Gasteiger partial charge on any atom is 0.243 e. The number of fused-ring (bicyclic) bond motifs is 1. The van der Waals surface area contributed by atoms with Gasteiger partial charge >= 0.3 is 0 Å². The summed E-state index contributed by atoms with van der Waals surface area (Å²) < 4.78 is 27.3. The van der Waals surface area contributed by atoms with E-state index in [0.717, 1.165) is 24.8 Å². The van der Waals surface area contributed by atoms with Crippen molar-refractivity contribution in [2.45, 2.75) is 49.1 Å². The minimum Gasteiger partial charge on any atom is -0.348 e. The van der Waals surface area contributed by atoms with E-state index in [9.17, 15) is 13.2 Å². The number of amides is 1. The van der Waals surface area contributed by atoms with Crippen molar-refractivity contribution < 1.29 is 13.2 Å². The van der Waals surface area contributed by atoms with Gasteiger partial charge in [0.1, 0.15) is 6.04 Å². The highest BCUT2D eigenvalue weighted by Crippen LogP contribution is 2.31. The molecule has 1 aliphatic carbocycles. The third-order valence-corrected chi connectivity index (χ3v) is 7.46. The van der Waals surface area contributed by atoms with Crippen LogP contribution in [-0.2, 0) is 21.2 Å². The SMILES string of the molecule is O=C(NC1CCCc2ccccc21)C1CCCN1S(=O)(=O)c1ccccc1. The number of nitrogens with zero attached hydrogens (tertiary/aromatic N) is 1. The van der Waals surface area contributed by atoms with Gasteiger partial charge in [0.05, 0.1) is 10.9 Å². The molecule has 1 heterocycles. The lowest BCUT2D eigenvalue weighted by Gasteiger charge is -2.29. The largest absolute Gasteiger partial charge is 0.348 e. The Bertz CT molecular complexity index is 927. The van der Waals surface area contributed by atoms with Crippen LogP contribution in [-0.4, -0.2) is 31.2 Å². The summed E-state index contributed by atoms with van der Waals surface area (Å²) >= 11 is 0. The summed E-state index contributed by atoms with van der Waals surface area (Å²) in [5.41, 5.74) is 2.43. The molecule has 5 nitrogen and oxygen atoms in total. The predicted molar refractivity (Wildman–Crippen MR) is 104 cm³/mol. The number of hydrogen-bond acceptors (Lipinski definition) is 3. The molecule has 1 amide bonds. The Balaban J connectivity index is 1.54. The lowest BCUT2D eigenvalue weighted by Crippen LogP contribution is -2.47. The molecule has 1 saturated heterocycles. The third kappa shape index (κ3) is 3.51. The monoisotopic (exact) mass is 384 g/mol. The van der Waals surface area contributed by atoms with Crippen LogP contribution in [0.3, 0.4) is 0 Å². The quantitative estimate of drug-likeness (QED) is 0.881. The van der Waals surface area contributed by atoms with Crippen LogP contribution < -0.4 is 5.32 Å². The maximum atomic E-state index is 13.0. The average Bonchev–Trinajstić information content (AvgIpc) is 3.20. The zero-order valence-corrected chi connectivity index (χ0v) is 16.0. The molecule has 2 unspecified atom stereocenters. The molecular formula is C21H24N2O3S. The Morgan fingerprint density at radius 2 is 1.70 bits per heavy atom. The van der Waals surface area contributed by atoms with Crippen molar-refractivity contribution in [2.24, 2.45) is 0 Å². The highest BCUT2D eigenvalue weighted by molar-refractivity contribution is 7.89. The van der Waals surface area contributed by atoms with E-state index in [2.05, 4.69) is 17.4 Å². The van der Waals surface area contributed by atoms with Gasteiger partial charge in [0.2, 0.25) is 15.9 Å². The lowest BCUT2D eigenvalue weighted by molar-refractivity contribution is -0.125. The first-order valence-corrected chi connectivity index (χ1v) is 11.0. The second kappa shape index (κ2) is 7.44. The molecule has 1 fully saturated rings. The van der Waals surface area contributed by atoms with Crippen molar-refractivity contribution >= 4 is 15.9 Å². The lowest BCUT2D eigenvalue weighted by atomic mass is 9.87. The zero-order valence-electron chi connectivity index (χ0n) is 15.2. The van der Waals surface area contributed by atoms with Crippen LogP contribution in [0.1, 0.15) is 42.9 Å². The molecule has 2 atom stereocenters. The van der Waals surface area contributed by atoms with Crippen LogP contribution in [0, 0.1) is 0 Å². The molecule has 0 radical (unpaired) electrons. The third-order valence-electron chi connectivity index (χ3n) is 5.54. The van der Waals surface area contributed by atoms with Crippen LogP contribution >= 0.6 is 0 Å². The van der Waals surface area contributed by atoms with E-state index in [1.807, 2.05) is 12.1 Å². The van der Waals surface area contributed by atoms with Crippen LogP contribution in [0.25, 0.3) is 0 Å². The fourth-order valence-electron chi connectivity index (χ4n) is 4.19. The molecular weight excluding hydrogens is 360 g/mol. The van der Waals surface area contributed by atoms with Gasteiger partial charge in [-0.3, -0.25) is 4.79 Å². The van der Waals surface area contributed by atoms with Crippen LogP contribution in [0.4, 0.5) is 0 Å². The van der Waals surface area contributed by atoms with Gasteiger partial charge in [0.15, 0.2) is 0 Å². The number of hydrogen-bond donors (Lipinski definition) is 1. The van der Waals surface area contributed by atoms with Crippen molar-refractivity contribution in [3.8, 4) is 0 Å². The second-order valence-electron chi connectivity index (χ2n) is 7.24. The molecule has 27 heavy (non-hydrogen) atoms. The maximum absolute atomic E-state index is 13.0. The van der Waals surface area contributed by atoms with Crippen molar-refractivity contribution in [1.29, 1.82) is 0 Å². The highest BCUT2D eigenvalue weighted by atomic mass is 32.2. The van der Waals surface area contributed by atoms with Crippen molar-refractivity contribution in [3.05, 3.63) is 65.7 Å². The number of benzene rings is 2. The number of carbonyl (C=O) groups excluding carboxylic acids is 1. The molecule has 0 aromatic heterocycles. The first-order valence-electron chi connectivity index (χ1n) is 9.52. The van der Waals surface area contributed by atoms with E-state index in [4.69, 9.17) is 0 Å². The molecule has 0 saturated carbocycles. The Hall–Kier alpha value is -2.18. The summed E-state index contributed by atoms with van der Waals surface area (Å²) in [7, 11) is -3.66. The van der Waals surface area contributed by atoms with Gasteiger partial charge in [-0.1, -0.05) is 42.5 Å². The first-order chi connectivity index (χ1) is 13.1. The molecule has 2 aliphatic rings. The zero-order chi connectivity index (χ0) is 18.9. The molecule has 2 aromatic carbocycles. The van der Waals surface area contributed by atoms with Crippen LogP contribution in [0.5, 0.6) is 0 Å². The van der Waals surface area contributed by atoms with E-state index >= 15 is 0 Å². The predicted octanol–water partition coefficient (Wildman–Crippen LogP) is 3.03. The van der Waals surface area contributed by atoms with Gasteiger partial charge in [-0.2, -0.15) is 4.31 Å². The summed E-state index contributed by atoms with van der Waals surface area (Å²) in [5.74, 6) is -0.186.